The van der Waals surface area contributed by atoms with Crippen molar-refractivity contribution in [1.82, 2.24) is 0 Å². The van der Waals surface area contributed by atoms with Gasteiger partial charge in [-0.15, -0.1) is 15.3 Å². The van der Waals surface area contributed by atoms with Crippen LogP contribution >= 0.6 is 15.3 Å². The minimum atomic E-state index is -0.0310. The molecule has 0 aromatic heterocycles. The molecule has 10 heavy (non-hydrogen) atoms. The number of hydrogen-bond acceptors (Lipinski definition) is 0. The third kappa shape index (κ3) is 2.75. The summed E-state index contributed by atoms with van der Waals surface area (Å²) in [6.07, 6.45) is 5.87. The van der Waals surface area contributed by atoms with Crippen molar-refractivity contribution in [2.75, 3.05) is 0 Å². The molecule has 1 rings (SSSR count). The van der Waals surface area contributed by atoms with Gasteiger partial charge in [0.05, 0.1) is 0 Å². The van der Waals surface area contributed by atoms with E-state index in [0.717, 1.165) is 5.92 Å². The summed E-state index contributed by atoms with van der Waals surface area (Å²) >= 11 is 3.77. The van der Waals surface area contributed by atoms with Crippen molar-refractivity contribution < 1.29 is 0 Å². The maximum Gasteiger partial charge on any atom is 0.135 e. The Hall–Kier alpha value is 0.697. The normalized spacial score (nSPS) is 23.4. The molecule has 1 saturated heterocycles. The summed E-state index contributed by atoms with van der Waals surface area (Å²) in [5.74, 6) is 1.08. The minimum Gasteiger partial charge on any atom is -0.129 e. The van der Waals surface area contributed by atoms with Gasteiger partial charge in [0.15, 0.2) is 0 Å². The highest BCUT2D eigenvalue weighted by molar-refractivity contribution is 9.24. The molecule has 2 heteroatoms. The lowest BCUT2D eigenvalue weighted by Crippen LogP contribution is -2.15. The Bertz CT molecular complexity index is 87.3. The van der Waals surface area contributed by atoms with Crippen LogP contribution < -0.4 is 0 Å². The first-order valence-electron chi connectivity index (χ1n) is 4.33. The molecular weight excluding hydrogens is 204 g/mol. The summed E-state index contributed by atoms with van der Waals surface area (Å²) in [5.41, 5.74) is 0. The largest absolute Gasteiger partial charge is 0.135 e. The molecule has 0 N–H and O–H groups in total. The third-order valence-corrected chi connectivity index (χ3v) is 6.39. The zero-order valence-corrected chi connectivity index (χ0v) is 9.28. The van der Waals surface area contributed by atoms with E-state index in [-0.39, 0.29) is 7.42 Å². The summed E-state index contributed by atoms with van der Waals surface area (Å²) in [4.78, 5) is 0. The first-order chi connectivity index (χ1) is 4.83. The van der Waals surface area contributed by atoms with Gasteiger partial charge in [0.2, 0.25) is 0 Å². The van der Waals surface area contributed by atoms with Crippen LogP contribution in [0.2, 0.25) is 12.1 Å². The Kier molecular flexibility index (Phi) is 4.00. The Morgan fingerprint density at radius 3 is 2.50 bits per heavy atom. The molecule has 0 spiro atoms. The van der Waals surface area contributed by atoms with Crippen molar-refractivity contribution in [2.45, 2.75) is 44.7 Å². The van der Waals surface area contributed by atoms with Gasteiger partial charge >= 0.3 is 0 Å². The molecule has 0 unspecified atom stereocenters. The van der Waals surface area contributed by atoms with E-state index in [9.17, 15) is 0 Å². The fourth-order valence-electron chi connectivity index (χ4n) is 1.69. The molecule has 0 amide bonds. The minimum absolute atomic E-state index is 0.0310. The fraction of sp³-hybridized carbons (Fsp3) is 1.00. The van der Waals surface area contributed by atoms with Gasteiger partial charge in [-0.05, 0) is 18.0 Å². The Labute approximate surface area is 73.6 Å². The van der Waals surface area contributed by atoms with Crippen molar-refractivity contribution in [3.05, 3.63) is 0 Å². The van der Waals surface area contributed by atoms with Gasteiger partial charge < -0.3 is 0 Å². The van der Waals surface area contributed by atoms with Crippen LogP contribution in [0.1, 0.15) is 32.6 Å². The molecule has 0 aromatic carbocycles. The van der Waals surface area contributed by atoms with Crippen LogP contribution in [0, 0.1) is 5.92 Å². The topological polar surface area (TPSA) is 0 Å². The zero-order chi connectivity index (χ0) is 7.40. The van der Waals surface area contributed by atoms with E-state index in [4.69, 9.17) is 0 Å². The molecule has 1 radical (unpaired) electrons. The van der Waals surface area contributed by atoms with Gasteiger partial charge in [-0.1, -0.05) is 32.6 Å². The van der Waals surface area contributed by atoms with E-state index in [1.807, 2.05) is 0 Å². The molecule has 1 aliphatic rings. The maximum absolute atomic E-state index is 3.77. The Balaban J connectivity index is 2.13. The summed E-state index contributed by atoms with van der Waals surface area (Å²) < 4.78 is 0. The van der Waals surface area contributed by atoms with Crippen LogP contribution in [0.25, 0.3) is 0 Å². The number of hydrogen-bond donors (Lipinski definition) is 0. The van der Waals surface area contributed by atoms with Crippen LogP contribution in [0.4, 0.5) is 0 Å². The quantitative estimate of drug-likeness (QED) is 0.493. The molecule has 0 bridgehead atoms. The second kappa shape index (κ2) is 4.55. The lowest BCUT2D eigenvalue weighted by molar-refractivity contribution is 0.436. The van der Waals surface area contributed by atoms with E-state index in [1.54, 1.807) is 0 Å². The van der Waals surface area contributed by atoms with Gasteiger partial charge in [-0.2, -0.15) is 0 Å². The summed E-state index contributed by atoms with van der Waals surface area (Å²) in [7, 11) is -0.0310. The zero-order valence-electron chi connectivity index (χ0n) is 6.70. The third-order valence-electron chi connectivity index (χ3n) is 2.34. The van der Waals surface area contributed by atoms with Gasteiger partial charge in [-0.3, -0.25) is 0 Å². The van der Waals surface area contributed by atoms with E-state index in [0.29, 0.717) is 0 Å². The Morgan fingerprint density at radius 2 is 2.00 bits per heavy atom. The van der Waals surface area contributed by atoms with E-state index < -0.39 is 0 Å². The monoisotopic (exact) mass is 219 g/mol. The summed E-state index contributed by atoms with van der Waals surface area (Å²) in [6.45, 7) is 2.30. The SMILES string of the molecule is CCCC1CC[Si](Br)CC1. The van der Waals surface area contributed by atoms with Crippen molar-refractivity contribution in [2.24, 2.45) is 5.92 Å². The average Bonchev–Trinajstić information content (AvgIpc) is 1.95. The lowest BCUT2D eigenvalue weighted by Gasteiger charge is -2.23. The van der Waals surface area contributed by atoms with Gasteiger partial charge in [0.1, 0.15) is 7.42 Å². The summed E-state index contributed by atoms with van der Waals surface area (Å²) in [5, 5.41) is 0. The van der Waals surface area contributed by atoms with Gasteiger partial charge in [0.25, 0.3) is 0 Å². The second-order valence-electron chi connectivity index (χ2n) is 3.25. The molecule has 1 aliphatic heterocycles. The molecule has 0 aliphatic carbocycles. The molecule has 1 fully saturated rings. The highest BCUT2D eigenvalue weighted by atomic mass is 79.9. The lowest BCUT2D eigenvalue weighted by atomic mass is 9.98. The van der Waals surface area contributed by atoms with Gasteiger partial charge in [-0.25, -0.2) is 0 Å². The number of rotatable bonds is 2. The summed E-state index contributed by atoms with van der Waals surface area (Å²) in [6, 6.07) is 3.02. The molecule has 1 heterocycles. The molecule has 0 saturated carbocycles. The van der Waals surface area contributed by atoms with E-state index >= 15 is 0 Å². The second-order valence-corrected chi connectivity index (χ2v) is 8.65. The van der Waals surface area contributed by atoms with Crippen LogP contribution in [-0.4, -0.2) is 7.42 Å². The first-order valence-corrected chi connectivity index (χ1v) is 8.50. The van der Waals surface area contributed by atoms with E-state index in [1.165, 1.54) is 37.8 Å². The standard InChI is InChI=1S/C8H16BrSi/c1-2-3-8-4-6-10(9)7-5-8/h8H,2-7H2,1H3. The fourth-order valence-corrected chi connectivity index (χ4v) is 4.75. The van der Waals surface area contributed by atoms with Crippen molar-refractivity contribution in [1.29, 1.82) is 0 Å². The first kappa shape index (κ1) is 8.79. The molecule has 0 nitrogen and oxygen atoms in total. The molecule has 59 valence electrons. The van der Waals surface area contributed by atoms with Crippen LogP contribution in [0.5, 0.6) is 0 Å². The van der Waals surface area contributed by atoms with Crippen molar-refractivity contribution in [3.8, 4) is 0 Å². The average molecular weight is 220 g/mol. The van der Waals surface area contributed by atoms with E-state index in [2.05, 4.69) is 22.2 Å². The Morgan fingerprint density at radius 1 is 1.40 bits per heavy atom. The van der Waals surface area contributed by atoms with Crippen LogP contribution in [-0.2, 0) is 0 Å². The molecule has 0 aromatic rings. The molecular formula is C8H16BrSi. The predicted molar refractivity (Wildman–Crippen MR) is 51.9 cm³/mol. The number of halogens is 1. The van der Waals surface area contributed by atoms with Gasteiger partial charge in [0, 0.05) is 0 Å². The van der Waals surface area contributed by atoms with Crippen molar-refractivity contribution >= 4 is 22.7 Å². The van der Waals surface area contributed by atoms with Crippen LogP contribution in [0.3, 0.4) is 0 Å². The predicted octanol–water partition coefficient (Wildman–Crippen LogP) is 3.58. The highest BCUT2D eigenvalue weighted by Crippen LogP contribution is 2.30. The van der Waals surface area contributed by atoms with Crippen LogP contribution in [0.15, 0.2) is 0 Å². The maximum atomic E-state index is 3.77. The smallest absolute Gasteiger partial charge is 0.129 e. The highest BCUT2D eigenvalue weighted by Gasteiger charge is 2.19. The molecule has 0 atom stereocenters. The van der Waals surface area contributed by atoms with Crippen molar-refractivity contribution in [3.63, 3.8) is 0 Å².